The highest BCUT2D eigenvalue weighted by molar-refractivity contribution is 6.30. The lowest BCUT2D eigenvalue weighted by molar-refractivity contribution is -0.925. The van der Waals surface area contributed by atoms with Gasteiger partial charge in [-0.25, -0.2) is 0 Å². The van der Waals surface area contributed by atoms with Crippen molar-refractivity contribution in [2.45, 2.75) is 53.9 Å². The SMILES string of the molecule is CC[N+](CC)(CCOc1ccc(Cl)cc1)CCC(C)CCC=C(C)C. The van der Waals surface area contributed by atoms with Crippen LogP contribution in [0, 0.1) is 5.92 Å². The van der Waals surface area contributed by atoms with Crippen LogP contribution in [0.4, 0.5) is 0 Å². The van der Waals surface area contributed by atoms with Crippen LogP contribution in [0.2, 0.25) is 5.02 Å². The van der Waals surface area contributed by atoms with E-state index in [1.165, 1.54) is 44.5 Å². The van der Waals surface area contributed by atoms with Crippen LogP contribution in [0.1, 0.15) is 53.9 Å². The molecule has 1 aromatic carbocycles. The predicted molar refractivity (Wildman–Crippen MR) is 110 cm³/mol. The van der Waals surface area contributed by atoms with Crippen LogP contribution >= 0.6 is 11.6 Å². The molecule has 25 heavy (non-hydrogen) atoms. The van der Waals surface area contributed by atoms with Gasteiger partial charge in [0.1, 0.15) is 18.9 Å². The first-order valence-electron chi connectivity index (χ1n) is 9.77. The van der Waals surface area contributed by atoms with Gasteiger partial charge >= 0.3 is 0 Å². The first kappa shape index (κ1) is 22.1. The lowest BCUT2D eigenvalue weighted by atomic mass is 10.00. The van der Waals surface area contributed by atoms with E-state index < -0.39 is 0 Å². The van der Waals surface area contributed by atoms with E-state index in [-0.39, 0.29) is 0 Å². The zero-order chi connectivity index (χ0) is 18.7. The van der Waals surface area contributed by atoms with Gasteiger partial charge < -0.3 is 9.22 Å². The Labute approximate surface area is 160 Å². The second-order valence-electron chi connectivity index (χ2n) is 7.48. The molecule has 142 valence electrons. The summed E-state index contributed by atoms with van der Waals surface area (Å²) in [6.07, 6.45) is 6.15. The maximum atomic E-state index is 5.94. The summed E-state index contributed by atoms with van der Waals surface area (Å²) in [6, 6.07) is 7.65. The van der Waals surface area contributed by atoms with E-state index in [0.717, 1.165) is 34.3 Å². The third kappa shape index (κ3) is 8.78. The van der Waals surface area contributed by atoms with Crippen LogP contribution in [0.15, 0.2) is 35.9 Å². The van der Waals surface area contributed by atoms with Crippen molar-refractivity contribution in [2.24, 2.45) is 5.92 Å². The van der Waals surface area contributed by atoms with E-state index in [1.54, 1.807) is 0 Å². The van der Waals surface area contributed by atoms with Gasteiger partial charge in [0.25, 0.3) is 0 Å². The van der Waals surface area contributed by atoms with Gasteiger partial charge in [-0.05, 0) is 77.1 Å². The van der Waals surface area contributed by atoms with E-state index >= 15 is 0 Å². The van der Waals surface area contributed by atoms with E-state index in [0.29, 0.717) is 0 Å². The molecule has 1 atom stereocenters. The van der Waals surface area contributed by atoms with Crippen molar-refractivity contribution in [3.05, 3.63) is 40.9 Å². The molecule has 0 saturated carbocycles. The number of ether oxygens (including phenoxy) is 1. The minimum absolute atomic E-state index is 0.752. The van der Waals surface area contributed by atoms with Gasteiger partial charge in [0, 0.05) is 5.02 Å². The van der Waals surface area contributed by atoms with Crippen molar-refractivity contribution in [1.82, 2.24) is 0 Å². The number of nitrogens with zero attached hydrogens (tertiary/aromatic N) is 1. The fourth-order valence-corrected chi connectivity index (χ4v) is 3.28. The molecule has 2 nitrogen and oxygen atoms in total. The van der Waals surface area contributed by atoms with Crippen molar-refractivity contribution in [3.63, 3.8) is 0 Å². The predicted octanol–water partition coefficient (Wildman–Crippen LogP) is 6.35. The van der Waals surface area contributed by atoms with Gasteiger partial charge in [-0.2, -0.15) is 0 Å². The van der Waals surface area contributed by atoms with Crippen LogP contribution in [0.25, 0.3) is 0 Å². The molecule has 0 aliphatic carbocycles. The maximum absolute atomic E-state index is 5.94. The zero-order valence-electron chi connectivity index (χ0n) is 16.9. The molecule has 3 heteroatoms. The second kappa shape index (κ2) is 11.6. The van der Waals surface area contributed by atoms with Gasteiger partial charge in [-0.3, -0.25) is 0 Å². The second-order valence-corrected chi connectivity index (χ2v) is 7.91. The zero-order valence-corrected chi connectivity index (χ0v) is 17.6. The summed E-state index contributed by atoms with van der Waals surface area (Å²) in [7, 11) is 0. The minimum Gasteiger partial charge on any atom is -0.488 e. The molecular formula is C22H37ClNO+. The molecule has 0 amide bonds. The summed E-state index contributed by atoms with van der Waals surface area (Å²) in [5, 5.41) is 0.752. The summed E-state index contributed by atoms with van der Waals surface area (Å²) < 4.78 is 7.08. The topological polar surface area (TPSA) is 9.23 Å². The Morgan fingerprint density at radius 3 is 2.28 bits per heavy atom. The van der Waals surface area contributed by atoms with Gasteiger partial charge in [-0.1, -0.05) is 30.2 Å². The Balaban J connectivity index is 2.43. The average Bonchev–Trinajstić information content (AvgIpc) is 2.59. The van der Waals surface area contributed by atoms with Crippen LogP contribution in [-0.2, 0) is 0 Å². The van der Waals surface area contributed by atoms with Crippen molar-refractivity contribution < 1.29 is 9.22 Å². The van der Waals surface area contributed by atoms with E-state index in [2.05, 4.69) is 40.7 Å². The Hall–Kier alpha value is -0.990. The smallest absolute Gasteiger partial charge is 0.137 e. The van der Waals surface area contributed by atoms with Crippen LogP contribution < -0.4 is 4.74 Å². The number of rotatable bonds is 12. The molecule has 0 aliphatic heterocycles. The van der Waals surface area contributed by atoms with Gasteiger partial charge in [0.2, 0.25) is 0 Å². The Morgan fingerprint density at radius 2 is 1.72 bits per heavy atom. The maximum Gasteiger partial charge on any atom is 0.137 e. The van der Waals surface area contributed by atoms with Crippen LogP contribution in [0.5, 0.6) is 5.75 Å². The number of likely N-dealkylation sites (N-methyl/N-ethyl adjacent to an activating group) is 1. The molecule has 0 radical (unpaired) electrons. The standard InChI is InChI=1S/C22H37ClNO/c1-6-24(7-2,16-15-20(5)10-8-9-19(3)4)17-18-25-22-13-11-21(23)12-14-22/h9,11-14,20H,6-8,10,15-18H2,1-5H3/q+1. The molecule has 0 spiro atoms. The Morgan fingerprint density at radius 1 is 1.08 bits per heavy atom. The average molecular weight is 367 g/mol. The number of hydrogen-bond donors (Lipinski definition) is 0. The third-order valence-corrected chi connectivity index (χ3v) is 5.55. The number of benzene rings is 1. The number of hydrogen-bond acceptors (Lipinski definition) is 1. The fraction of sp³-hybridized carbons (Fsp3) is 0.636. The fourth-order valence-electron chi connectivity index (χ4n) is 3.15. The number of quaternary nitrogens is 1. The minimum atomic E-state index is 0.752. The lowest BCUT2D eigenvalue weighted by Gasteiger charge is -2.37. The molecule has 0 bridgehead atoms. The van der Waals surface area contributed by atoms with Crippen molar-refractivity contribution >= 4 is 11.6 Å². The summed E-state index contributed by atoms with van der Waals surface area (Å²) in [5.41, 5.74) is 1.43. The Kier molecular flexibility index (Phi) is 10.2. The first-order chi connectivity index (χ1) is 11.9. The van der Waals surface area contributed by atoms with Gasteiger partial charge in [0.15, 0.2) is 0 Å². The summed E-state index contributed by atoms with van der Waals surface area (Å²) >= 11 is 5.93. The highest BCUT2D eigenvalue weighted by atomic mass is 35.5. The van der Waals surface area contributed by atoms with E-state index in [1.807, 2.05) is 24.3 Å². The molecule has 1 rings (SSSR count). The number of halogens is 1. The molecule has 0 N–H and O–H groups in total. The molecule has 0 fully saturated rings. The monoisotopic (exact) mass is 366 g/mol. The summed E-state index contributed by atoms with van der Waals surface area (Å²) in [4.78, 5) is 0. The molecule has 1 unspecified atom stereocenters. The summed E-state index contributed by atoms with van der Waals surface area (Å²) in [6.45, 7) is 16.8. The summed E-state index contributed by atoms with van der Waals surface area (Å²) in [5.74, 6) is 1.69. The van der Waals surface area contributed by atoms with Crippen molar-refractivity contribution in [2.75, 3.05) is 32.8 Å². The highest BCUT2D eigenvalue weighted by Gasteiger charge is 2.23. The van der Waals surface area contributed by atoms with Crippen LogP contribution in [-0.4, -0.2) is 37.3 Å². The molecule has 0 aromatic heterocycles. The quantitative estimate of drug-likeness (QED) is 0.309. The third-order valence-electron chi connectivity index (χ3n) is 5.30. The van der Waals surface area contributed by atoms with Gasteiger partial charge in [0.05, 0.1) is 19.6 Å². The van der Waals surface area contributed by atoms with Crippen molar-refractivity contribution in [3.8, 4) is 5.75 Å². The van der Waals surface area contributed by atoms with E-state index in [9.17, 15) is 0 Å². The first-order valence-corrected chi connectivity index (χ1v) is 10.2. The van der Waals surface area contributed by atoms with Crippen LogP contribution in [0.3, 0.4) is 0 Å². The largest absolute Gasteiger partial charge is 0.488 e. The molecular weight excluding hydrogens is 330 g/mol. The molecule has 0 saturated heterocycles. The highest BCUT2D eigenvalue weighted by Crippen LogP contribution is 2.18. The number of allylic oxidation sites excluding steroid dienone is 2. The normalized spacial score (nSPS) is 12.7. The van der Waals surface area contributed by atoms with E-state index in [4.69, 9.17) is 16.3 Å². The Bertz CT molecular complexity index is 501. The lowest BCUT2D eigenvalue weighted by Crippen LogP contribution is -2.51. The molecule has 0 heterocycles. The van der Waals surface area contributed by atoms with Crippen molar-refractivity contribution in [1.29, 1.82) is 0 Å². The van der Waals surface area contributed by atoms with Gasteiger partial charge in [-0.15, -0.1) is 0 Å². The molecule has 0 aliphatic rings. The molecule has 1 aromatic rings.